The molecule has 0 saturated carbocycles. The van der Waals surface area contributed by atoms with Gasteiger partial charge in [0, 0.05) is 6.07 Å². The van der Waals surface area contributed by atoms with Gasteiger partial charge in [0.25, 0.3) is 5.91 Å². The Kier molecular flexibility index (Phi) is 5.11. The van der Waals surface area contributed by atoms with E-state index < -0.39 is 40.5 Å². The lowest BCUT2D eigenvalue weighted by atomic mass is 10.1. The first-order valence-electron chi connectivity index (χ1n) is 7.13. The number of ether oxygens (including phenoxy) is 2. The number of hydrogen-bond acceptors (Lipinski definition) is 5. The van der Waals surface area contributed by atoms with Crippen LogP contribution in [0.15, 0.2) is 12.1 Å². The lowest BCUT2D eigenvalue weighted by molar-refractivity contribution is 0.101. The summed E-state index contributed by atoms with van der Waals surface area (Å²) in [5.41, 5.74) is -1.05. The van der Waals surface area contributed by atoms with Crippen molar-refractivity contribution in [3.05, 3.63) is 46.0 Å². The Morgan fingerprint density at radius 2 is 1.70 bits per heavy atom. The molecular weight excluding hydrogens is 412 g/mol. The standard InChI is InChI=1S/C16H9ClF4N2O3S/c1-25-7-4-8-6(3-5(7)17)22-16(27-8)23-15(24)9-10(18)12(20)14(26-2)13(21)11(9)19/h3-4H,1-2H3,(H,22,23,24). The molecule has 0 saturated heterocycles. The molecule has 0 unspecified atom stereocenters. The second kappa shape index (κ2) is 7.20. The smallest absolute Gasteiger partial charge is 0.263 e. The molecule has 0 fully saturated rings. The van der Waals surface area contributed by atoms with Gasteiger partial charge in [-0.1, -0.05) is 22.9 Å². The minimum Gasteiger partial charge on any atom is -0.495 e. The summed E-state index contributed by atoms with van der Waals surface area (Å²) in [6, 6.07) is 3.02. The number of thiazole rings is 1. The van der Waals surface area contributed by atoms with Crippen molar-refractivity contribution in [3.63, 3.8) is 0 Å². The molecule has 1 heterocycles. The second-order valence-corrected chi connectivity index (χ2v) is 6.53. The van der Waals surface area contributed by atoms with Crippen molar-refractivity contribution < 1.29 is 31.8 Å². The van der Waals surface area contributed by atoms with Gasteiger partial charge < -0.3 is 9.47 Å². The number of nitrogens with one attached hydrogen (secondary N) is 1. The molecule has 0 aliphatic carbocycles. The number of carbonyl (C=O) groups is 1. The molecule has 142 valence electrons. The third kappa shape index (κ3) is 3.26. The number of nitrogens with zero attached hydrogens (tertiary/aromatic N) is 1. The maximum absolute atomic E-state index is 14.0. The molecule has 0 aliphatic heterocycles. The normalized spacial score (nSPS) is 10.9. The fourth-order valence-electron chi connectivity index (χ4n) is 2.29. The van der Waals surface area contributed by atoms with Crippen LogP contribution in [0.25, 0.3) is 10.2 Å². The molecule has 0 atom stereocenters. The van der Waals surface area contributed by atoms with Gasteiger partial charge in [0.2, 0.25) is 11.6 Å². The van der Waals surface area contributed by atoms with Crippen LogP contribution in [0.2, 0.25) is 5.02 Å². The van der Waals surface area contributed by atoms with Gasteiger partial charge in [-0.3, -0.25) is 10.1 Å². The molecule has 2 aromatic carbocycles. The van der Waals surface area contributed by atoms with Crippen LogP contribution in [-0.2, 0) is 0 Å². The van der Waals surface area contributed by atoms with Gasteiger partial charge in [0.1, 0.15) is 11.3 Å². The number of methoxy groups -OCH3 is 2. The summed E-state index contributed by atoms with van der Waals surface area (Å²) in [7, 11) is 2.25. The summed E-state index contributed by atoms with van der Waals surface area (Å²) in [5, 5.41) is 2.32. The van der Waals surface area contributed by atoms with Gasteiger partial charge >= 0.3 is 0 Å². The summed E-state index contributed by atoms with van der Waals surface area (Å²) >= 11 is 6.92. The van der Waals surface area contributed by atoms with Crippen LogP contribution < -0.4 is 14.8 Å². The van der Waals surface area contributed by atoms with Crippen molar-refractivity contribution in [2.75, 3.05) is 19.5 Å². The van der Waals surface area contributed by atoms with Gasteiger partial charge in [0.15, 0.2) is 22.5 Å². The quantitative estimate of drug-likeness (QED) is 0.487. The van der Waals surface area contributed by atoms with Crippen molar-refractivity contribution in [2.45, 2.75) is 0 Å². The largest absolute Gasteiger partial charge is 0.495 e. The zero-order valence-electron chi connectivity index (χ0n) is 13.6. The Balaban J connectivity index is 2.00. The van der Waals surface area contributed by atoms with E-state index in [9.17, 15) is 22.4 Å². The van der Waals surface area contributed by atoms with Crippen LogP contribution >= 0.6 is 22.9 Å². The fourth-order valence-corrected chi connectivity index (χ4v) is 3.40. The van der Waals surface area contributed by atoms with Crippen LogP contribution in [0.1, 0.15) is 10.4 Å². The van der Waals surface area contributed by atoms with E-state index in [0.29, 0.717) is 16.0 Å². The molecule has 1 amide bonds. The lowest BCUT2D eigenvalue weighted by Crippen LogP contribution is -2.18. The van der Waals surface area contributed by atoms with E-state index in [1.165, 1.54) is 13.2 Å². The van der Waals surface area contributed by atoms with Crippen molar-refractivity contribution in [1.82, 2.24) is 4.98 Å². The maximum Gasteiger partial charge on any atom is 0.263 e. The molecule has 0 bridgehead atoms. The topological polar surface area (TPSA) is 60.5 Å². The number of amides is 1. The number of fused-ring (bicyclic) bond motifs is 1. The van der Waals surface area contributed by atoms with Gasteiger partial charge in [-0.05, 0) is 6.07 Å². The Morgan fingerprint density at radius 1 is 1.07 bits per heavy atom. The molecule has 5 nitrogen and oxygen atoms in total. The summed E-state index contributed by atoms with van der Waals surface area (Å²) < 4.78 is 65.5. The first-order valence-corrected chi connectivity index (χ1v) is 8.33. The van der Waals surface area contributed by atoms with Crippen LogP contribution in [0.4, 0.5) is 22.7 Å². The Labute approximate surface area is 158 Å². The number of hydrogen-bond donors (Lipinski definition) is 1. The van der Waals surface area contributed by atoms with Gasteiger partial charge in [0.05, 0.1) is 29.5 Å². The van der Waals surface area contributed by atoms with Crippen LogP contribution in [-0.4, -0.2) is 25.1 Å². The average Bonchev–Trinajstić information content (AvgIpc) is 3.00. The highest BCUT2D eigenvalue weighted by Crippen LogP contribution is 2.35. The zero-order chi connectivity index (χ0) is 19.9. The number of rotatable bonds is 4. The first-order chi connectivity index (χ1) is 12.8. The molecule has 27 heavy (non-hydrogen) atoms. The lowest BCUT2D eigenvalue weighted by Gasteiger charge is -2.10. The highest BCUT2D eigenvalue weighted by molar-refractivity contribution is 7.22. The number of aromatic nitrogens is 1. The highest BCUT2D eigenvalue weighted by atomic mass is 35.5. The van der Waals surface area contributed by atoms with Gasteiger partial charge in [-0.15, -0.1) is 0 Å². The molecule has 0 aliphatic rings. The van der Waals surface area contributed by atoms with Gasteiger partial charge in [-0.2, -0.15) is 8.78 Å². The van der Waals surface area contributed by atoms with E-state index in [2.05, 4.69) is 15.0 Å². The van der Waals surface area contributed by atoms with E-state index >= 15 is 0 Å². The van der Waals surface area contributed by atoms with Crippen molar-refractivity contribution in [1.29, 1.82) is 0 Å². The van der Waals surface area contributed by atoms with E-state index in [1.807, 2.05) is 0 Å². The van der Waals surface area contributed by atoms with E-state index in [0.717, 1.165) is 18.4 Å². The second-order valence-electron chi connectivity index (χ2n) is 5.09. The predicted octanol–water partition coefficient (Wildman–Crippen LogP) is 4.78. The monoisotopic (exact) mass is 420 g/mol. The molecule has 3 aromatic rings. The van der Waals surface area contributed by atoms with Crippen LogP contribution in [0, 0.1) is 23.3 Å². The zero-order valence-corrected chi connectivity index (χ0v) is 15.2. The Hall–Kier alpha value is -2.59. The number of carbonyl (C=O) groups excluding carboxylic acids is 1. The molecule has 0 radical (unpaired) electrons. The third-order valence-corrected chi connectivity index (χ3v) is 4.77. The van der Waals surface area contributed by atoms with Crippen molar-refractivity contribution in [2.24, 2.45) is 0 Å². The number of halogens is 5. The predicted molar refractivity (Wildman–Crippen MR) is 92.0 cm³/mol. The van der Waals surface area contributed by atoms with Crippen LogP contribution in [0.3, 0.4) is 0 Å². The summed E-state index contributed by atoms with van der Waals surface area (Å²) in [6.45, 7) is 0. The summed E-state index contributed by atoms with van der Waals surface area (Å²) in [6.07, 6.45) is 0. The number of benzene rings is 2. The van der Waals surface area contributed by atoms with Crippen molar-refractivity contribution >= 4 is 44.2 Å². The van der Waals surface area contributed by atoms with E-state index in [4.69, 9.17) is 16.3 Å². The molecule has 3 rings (SSSR count). The van der Waals surface area contributed by atoms with Crippen LogP contribution in [0.5, 0.6) is 11.5 Å². The molecule has 1 N–H and O–H groups in total. The number of anilines is 1. The Bertz CT molecular complexity index is 1040. The third-order valence-electron chi connectivity index (χ3n) is 3.54. The average molecular weight is 421 g/mol. The summed E-state index contributed by atoms with van der Waals surface area (Å²) in [5.74, 6) is -9.71. The minimum atomic E-state index is -1.88. The first kappa shape index (κ1) is 19.2. The highest BCUT2D eigenvalue weighted by Gasteiger charge is 2.30. The Morgan fingerprint density at radius 3 is 2.26 bits per heavy atom. The molecule has 11 heteroatoms. The molecule has 1 aromatic heterocycles. The van der Waals surface area contributed by atoms with Gasteiger partial charge in [-0.25, -0.2) is 13.8 Å². The summed E-state index contributed by atoms with van der Waals surface area (Å²) in [4.78, 5) is 16.2. The van der Waals surface area contributed by atoms with E-state index in [1.54, 1.807) is 6.07 Å². The minimum absolute atomic E-state index is 0.0604. The van der Waals surface area contributed by atoms with Crippen molar-refractivity contribution in [3.8, 4) is 11.5 Å². The molecule has 0 spiro atoms. The SMILES string of the molecule is COc1cc2sc(NC(=O)c3c(F)c(F)c(OC)c(F)c3F)nc2cc1Cl. The molecular formula is C16H9ClF4N2O3S. The fraction of sp³-hybridized carbons (Fsp3) is 0.125. The maximum atomic E-state index is 14.0. The van der Waals surface area contributed by atoms with E-state index in [-0.39, 0.29) is 10.2 Å².